The molecule has 3 heterocycles. The Bertz CT molecular complexity index is 659. The molecule has 2 aromatic rings. The molecule has 0 saturated carbocycles. The van der Waals surface area contributed by atoms with E-state index >= 15 is 0 Å². The first-order chi connectivity index (χ1) is 12.5. The highest BCUT2D eigenvalue weighted by Crippen LogP contribution is 2.26. The Morgan fingerprint density at radius 1 is 1.23 bits per heavy atom. The number of hydrogen-bond acceptors (Lipinski definition) is 8. The van der Waals surface area contributed by atoms with Crippen LogP contribution in [0, 0.1) is 0 Å². The zero-order chi connectivity index (χ0) is 18.5. The first-order valence-electron chi connectivity index (χ1n) is 9.07. The molecule has 2 aromatic heterocycles. The Kier molecular flexibility index (Phi) is 6.39. The minimum Gasteiger partial charge on any atom is -0.379 e. The van der Waals surface area contributed by atoms with Crippen LogP contribution < -0.4 is 10.2 Å². The second-order valence-electron chi connectivity index (χ2n) is 6.93. The summed E-state index contributed by atoms with van der Waals surface area (Å²) < 4.78 is 5.52. The van der Waals surface area contributed by atoms with E-state index in [1.165, 1.54) is 4.88 Å². The Labute approximate surface area is 159 Å². The highest BCUT2D eigenvalue weighted by atomic mass is 32.1. The van der Waals surface area contributed by atoms with Gasteiger partial charge in [0.15, 0.2) is 0 Å². The Morgan fingerprint density at radius 2 is 2.00 bits per heavy atom. The van der Waals surface area contributed by atoms with Crippen LogP contribution in [0.5, 0.6) is 0 Å². The van der Waals surface area contributed by atoms with E-state index in [-0.39, 0.29) is 5.92 Å². The molecule has 1 aliphatic rings. The van der Waals surface area contributed by atoms with Gasteiger partial charge < -0.3 is 15.0 Å². The maximum Gasteiger partial charge on any atom is 0.229 e. The summed E-state index contributed by atoms with van der Waals surface area (Å²) in [7, 11) is 3.90. The van der Waals surface area contributed by atoms with E-state index in [4.69, 9.17) is 4.74 Å². The summed E-state index contributed by atoms with van der Waals surface area (Å²) in [5.41, 5.74) is 0. The van der Waals surface area contributed by atoms with Crippen molar-refractivity contribution in [3.8, 4) is 0 Å². The lowest BCUT2D eigenvalue weighted by Crippen LogP contribution is -2.41. The molecule has 0 aromatic carbocycles. The van der Waals surface area contributed by atoms with Crippen molar-refractivity contribution in [1.29, 1.82) is 0 Å². The van der Waals surface area contributed by atoms with E-state index in [2.05, 4.69) is 56.5 Å². The summed E-state index contributed by atoms with van der Waals surface area (Å²) in [6.07, 6.45) is 0. The van der Waals surface area contributed by atoms with Crippen LogP contribution in [0.1, 0.15) is 36.5 Å². The van der Waals surface area contributed by atoms with Crippen molar-refractivity contribution in [2.24, 2.45) is 0 Å². The van der Waals surface area contributed by atoms with Gasteiger partial charge in [0, 0.05) is 44.5 Å². The summed E-state index contributed by atoms with van der Waals surface area (Å²) in [6, 6.07) is 4.60. The number of hydrogen-bond donors (Lipinski definition) is 1. The van der Waals surface area contributed by atoms with Gasteiger partial charge in [-0.15, -0.1) is 11.3 Å². The SMILES string of the molecule is CC(C)c1nc(NCC(c2cccs2)N2CCOCC2)nc(N(C)C)n1. The van der Waals surface area contributed by atoms with Crippen molar-refractivity contribution in [1.82, 2.24) is 19.9 Å². The lowest BCUT2D eigenvalue weighted by molar-refractivity contribution is 0.0193. The van der Waals surface area contributed by atoms with Gasteiger partial charge in [0.25, 0.3) is 0 Å². The van der Waals surface area contributed by atoms with Crippen LogP contribution in [0.3, 0.4) is 0 Å². The molecule has 0 radical (unpaired) electrons. The van der Waals surface area contributed by atoms with Gasteiger partial charge in [-0.05, 0) is 11.4 Å². The van der Waals surface area contributed by atoms with Crippen LogP contribution in [-0.2, 0) is 4.74 Å². The molecule has 3 rings (SSSR count). The van der Waals surface area contributed by atoms with Crippen LogP contribution >= 0.6 is 11.3 Å². The van der Waals surface area contributed by atoms with Crippen molar-refractivity contribution in [2.45, 2.75) is 25.8 Å². The molecule has 142 valence electrons. The molecular weight excluding hydrogens is 348 g/mol. The lowest BCUT2D eigenvalue weighted by atomic mass is 10.2. The normalized spacial score (nSPS) is 16.7. The van der Waals surface area contributed by atoms with Gasteiger partial charge in [0.05, 0.1) is 19.3 Å². The smallest absolute Gasteiger partial charge is 0.229 e. The van der Waals surface area contributed by atoms with Crippen molar-refractivity contribution in [2.75, 3.05) is 57.2 Å². The van der Waals surface area contributed by atoms with Gasteiger partial charge in [-0.3, -0.25) is 4.90 Å². The third-order valence-corrected chi connectivity index (χ3v) is 5.34. The second kappa shape index (κ2) is 8.75. The zero-order valence-corrected chi connectivity index (χ0v) is 16.8. The number of thiophene rings is 1. The quantitative estimate of drug-likeness (QED) is 0.797. The Morgan fingerprint density at radius 3 is 2.62 bits per heavy atom. The summed E-state index contributed by atoms with van der Waals surface area (Å²) >= 11 is 1.79. The van der Waals surface area contributed by atoms with Gasteiger partial charge in [0.1, 0.15) is 5.82 Å². The van der Waals surface area contributed by atoms with Gasteiger partial charge in [-0.25, -0.2) is 0 Å². The molecule has 8 heteroatoms. The Balaban J connectivity index is 1.78. The molecule has 1 N–H and O–H groups in total. The number of rotatable bonds is 7. The van der Waals surface area contributed by atoms with E-state index in [1.807, 2.05) is 19.0 Å². The summed E-state index contributed by atoms with van der Waals surface area (Å²) in [5, 5.41) is 5.59. The predicted octanol–water partition coefficient (Wildman–Crippen LogP) is 2.61. The summed E-state index contributed by atoms with van der Waals surface area (Å²) in [5.74, 6) is 2.39. The van der Waals surface area contributed by atoms with E-state index in [1.54, 1.807) is 11.3 Å². The molecule has 0 amide bonds. The molecule has 0 aliphatic carbocycles. The minimum atomic E-state index is 0.254. The fraction of sp³-hybridized carbons (Fsp3) is 0.611. The number of ether oxygens (including phenoxy) is 1. The lowest BCUT2D eigenvalue weighted by Gasteiger charge is -2.34. The second-order valence-corrected chi connectivity index (χ2v) is 7.91. The molecule has 7 nitrogen and oxygen atoms in total. The van der Waals surface area contributed by atoms with Gasteiger partial charge in [-0.2, -0.15) is 15.0 Å². The third-order valence-electron chi connectivity index (χ3n) is 4.37. The highest BCUT2D eigenvalue weighted by Gasteiger charge is 2.24. The molecule has 1 aliphatic heterocycles. The monoisotopic (exact) mass is 376 g/mol. The maximum atomic E-state index is 5.52. The van der Waals surface area contributed by atoms with E-state index in [0.717, 1.165) is 38.7 Å². The zero-order valence-electron chi connectivity index (χ0n) is 16.0. The van der Waals surface area contributed by atoms with Crippen molar-refractivity contribution >= 4 is 23.2 Å². The molecule has 1 atom stereocenters. The number of anilines is 2. The van der Waals surface area contributed by atoms with Crippen molar-refractivity contribution in [3.63, 3.8) is 0 Å². The van der Waals surface area contributed by atoms with Crippen molar-refractivity contribution in [3.05, 3.63) is 28.2 Å². The van der Waals surface area contributed by atoms with Gasteiger partial charge in [0.2, 0.25) is 11.9 Å². The number of aromatic nitrogens is 3. The minimum absolute atomic E-state index is 0.254. The van der Waals surface area contributed by atoms with Crippen LogP contribution in [-0.4, -0.2) is 66.8 Å². The number of morpholine rings is 1. The topological polar surface area (TPSA) is 66.4 Å². The van der Waals surface area contributed by atoms with Crippen LogP contribution in [0.2, 0.25) is 0 Å². The van der Waals surface area contributed by atoms with Crippen LogP contribution in [0.4, 0.5) is 11.9 Å². The molecule has 26 heavy (non-hydrogen) atoms. The fourth-order valence-electron chi connectivity index (χ4n) is 2.89. The fourth-order valence-corrected chi connectivity index (χ4v) is 3.75. The van der Waals surface area contributed by atoms with E-state index in [9.17, 15) is 0 Å². The summed E-state index contributed by atoms with van der Waals surface area (Å²) in [4.78, 5) is 19.5. The first-order valence-corrected chi connectivity index (χ1v) is 9.95. The molecule has 1 saturated heterocycles. The van der Waals surface area contributed by atoms with Crippen LogP contribution in [0.15, 0.2) is 17.5 Å². The number of nitrogens with one attached hydrogen (secondary N) is 1. The molecular formula is C18H28N6OS. The highest BCUT2D eigenvalue weighted by molar-refractivity contribution is 7.10. The Hall–Kier alpha value is -1.77. The summed E-state index contributed by atoms with van der Waals surface area (Å²) in [6.45, 7) is 8.42. The largest absolute Gasteiger partial charge is 0.379 e. The third kappa shape index (κ3) is 4.69. The average molecular weight is 377 g/mol. The molecule has 1 fully saturated rings. The van der Waals surface area contributed by atoms with Crippen molar-refractivity contribution < 1.29 is 4.74 Å². The average Bonchev–Trinajstić information content (AvgIpc) is 3.17. The standard InChI is InChI=1S/C18H28N6OS/c1-13(2)16-20-17(22-18(21-16)23(3)4)19-12-14(15-6-5-11-26-15)24-7-9-25-10-8-24/h5-6,11,13-14H,7-10,12H2,1-4H3,(H,19,20,21,22). The molecule has 1 unspecified atom stereocenters. The number of nitrogens with zero attached hydrogens (tertiary/aromatic N) is 5. The predicted molar refractivity (Wildman–Crippen MR) is 106 cm³/mol. The first kappa shape index (κ1) is 19.0. The molecule has 0 bridgehead atoms. The van der Waals surface area contributed by atoms with E-state index in [0.29, 0.717) is 17.9 Å². The molecule has 0 spiro atoms. The van der Waals surface area contributed by atoms with Crippen LogP contribution in [0.25, 0.3) is 0 Å². The van der Waals surface area contributed by atoms with E-state index < -0.39 is 0 Å². The maximum absolute atomic E-state index is 5.52. The van der Waals surface area contributed by atoms with Gasteiger partial charge >= 0.3 is 0 Å². The van der Waals surface area contributed by atoms with Gasteiger partial charge in [-0.1, -0.05) is 19.9 Å².